The van der Waals surface area contributed by atoms with Gasteiger partial charge in [0.2, 0.25) is 0 Å². The molecule has 3 nitrogen and oxygen atoms in total. The first kappa shape index (κ1) is 8.27. The minimum absolute atomic E-state index is 0.470. The highest BCUT2D eigenvalue weighted by atomic mass is 16.4. The zero-order valence-electron chi connectivity index (χ0n) is 6.63. The fourth-order valence-electron chi connectivity index (χ4n) is 1.17. The molecule has 0 saturated carbocycles. The molecule has 2 N–H and O–H groups in total. The van der Waals surface area contributed by atoms with Crippen molar-refractivity contribution in [2.75, 3.05) is 6.54 Å². The Hall–Kier alpha value is -0.830. The maximum atomic E-state index is 10.4. The van der Waals surface area contributed by atoms with E-state index in [2.05, 4.69) is 12.2 Å². The number of carboxylic acid groups (broad SMARTS) is 1. The molecule has 0 aromatic rings. The molecule has 0 radical (unpaired) electrons. The average Bonchev–Trinajstić information content (AvgIpc) is 2.05. The van der Waals surface area contributed by atoms with Crippen LogP contribution in [0, 0.1) is 0 Å². The summed E-state index contributed by atoms with van der Waals surface area (Å²) < 4.78 is 0. The van der Waals surface area contributed by atoms with Crippen LogP contribution in [0.4, 0.5) is 0 Å². The molecule has 3 heteroatoms. The van der Waals surface area contributed by atoms with Crippen molar-refractivity contribution in [1.29, 1.82) is 0 Å². The van der Waals surface area contributed by atoms with Crippen LogP contribution < -0.4 is 5.32 Å². The molecular weight excluding hydrogens is 142 g/mol. The highest BCUT2D eigenvalue weighted by Gasteiger charge is 2.15. The lowest BCUT2D eigenvalue weighted by molar-refractivity contribution is -0.132. The van der Waals surface area contributed by atoms with E-state index in [1.807, 2.05) is 6.08 Å². The van der Waals surface area contributed by atoms with Crippen molar-refractivity contribution in [3.63, 3.8) is 0 Å². The van der Waals surface area contributed by atoms with Crippen molar-refractivity contribution in [3.8, 4) is 0 Å². The Morgan fingerprint density at radius 1 is 1.91 bits per heavy atom. The maximum Gasteiger partial charge on any atom is 0.332 e. The molecule has 0 amide bonds. The number of hydrogen-bond donors (Lipinski definition) is 2. The van der Waals surface area contributed by atoms with Gasteiger partial charge in [-0.3, -0.25) is 0 Å². The smallest absolute Gasteiger partial charge is 0.332 e. The zero-order valence-corrected chi connectivity index (χ0v) is 6.63. The molecule has 11 heavy (non-hydrogen) atoms. The Balaban J connectivity index is 2.50. The molecule has 0 aromatic carbocycles. The summed E-state index contributed by atoms with van der Waals surface area (Å²) in [5, 5.41) is 11.7. The highest BCUT2D eigenvalue weighted by Crippen LogP contribution is 2.08. The topological polar surface area (TPSA) is 49.3 Å². The summed E-state index contributed by atoms with van der Waals surface area (Å²) in [6, 6.07) is 0.470. The van der Waals surface area contributed by atoms with Gasteiger partial charge in [0.25, 0.3) is 0 Å². The quantitative estimate of drug-likeness (QED) is 0.619. The van der Waals surface area contributed by atoms with Crippen LogP contribution in [0.3, 0.4) is 0 Å². The Morgan fingerprint density at radius 2 is 2.64 bits per heavy atom. The fourth-order valence-corrected chi connectivity index (χ4v) is 1.17. The monoisotopic (exact) mass is 155 g/mol. The van der Waals surface area contributed by atoms with Crippen LogP contribution in [0.5, 0.6) is 0 Å². The molecular formula is C8H13NO2. The van der Waals surface area contributed by atoms with Gasteiger partial charge in [-0.25, -0.2) is 4.79 Å². The van der Waals surface area contributed by atoms with E-state index in [-0.39, 0.29) is 0 Å². The molecule has 0 spiro atoms. The Morgan fingerprint density at radius 3 is 3.00 bits per heavy atom. The molecule has 0 fully saturated rings. The second-order valence-electron chi connectivity index (χ2n) is 2.76. The average molecular weight is 155 g/mol. The maximum absolute atomic E-state index is 10.4. The third kappa shape index (κ3) is 2.05. The lowest BCUT2D eigenvalue weighted by Crippen LogP contribution is -2.34. The van der Waals surface area contributed by atoms with E-state index in [0.29, 0.717) is 18.2 Å². The molecule has 0 unspecified atom stereocenters. The summed E-state index contributed by atoms with van der Waals surface area (Å²) in [5.41, 5.74) is 0.495. The number of carboxylic acids is 1. The van der Waals surface area contributed by atoms with Gasteiger partial charge in [-0.1, -0.05) is 13.0 Å². The van der Waals surface area contributed by atoms with E-state index in [4.69, 9.17) is 5.11 Å². The standard InChI is InChI=1S/C8H13NO2/c1-2-7-4-3-6(5-9-7)8(10)11/h3,7,9H,2,4-5H2,1H3,(H,10,11)/t7-/m0/s1. The zero-order chi connectivity index (χ0) is 8.27. The van der Waals surface area contributed by atoms with Crippen LogP contribution in [0.1, 0.15) is 19.8 Å². The SMILES string of the molecule is CC[C@H]1CC=C(C(=O)O)CN1. The predicted molar refractivity (Wildman–Crippen MR) is 42.4 cm³/mol. The summed E-state index contributed by atoms with van der Waals surface area (Å²) in [7, 11) is 0. The van der Waals surface area contributed by atoms with Crippen molar-refractivity contribution in [2.24, 2.45) is 0 Å². The van der Waals surface area contributed by atoms with Crippen molar-refractivity contribution in [1.82, 2.24) is 5.32 Å². The van der Waals surface area contributed by atoms with Gasteiger partial charge in [0, 0.05) is 18.2 Å². The van der Waals surface area contributed by atoms with E-state index in [9.17, 15) is 4.79 Å². The molecule has 1 aliphatic heterocycles. The highest BCUT2D eigenvalue weighted by molar-refractivity contribution is 5.87. The van der Waals surface area contributed by atoms with Crippen molar-refractivity contribution in [2.45, 2.75) is 25.8 Å². The normalized spacial score (nSPS) is 24.5. The predicted octanol–water partition coefficient (Wildman–Crippen LogP) is 0.769. The molecule has 62 valence electrons. The molecule has 1 heterocycles. The molecule has 0 aromatic heterocycles. The molecule has 1 rings (SSSR count). The van der Waals surface area contributed by atoms with Gasteiger partial charge >= 0.3 is 5.97 Å². The van der Waals surface area contributed by atoms with Gasteiger partial charge in [-0.15, -0.1) is 0 Å². The molecule has 1 atom stereocenters. The first-order chi connectivity index (χ1) is 5.24. The minimum atomic E-state index is -0.799. The van der Waals surface area contributed by atoms with Crippen LogP contribution >= 0.6 is 0 Å². The van der Waals surface area contributed by atoms with E-state index >= 15 is 0 Å². The van der Waals surface area contributed by atoms with Crippen LogP contribution in [0.15, 0.2) is 11.6 Å². The first-order valence-corrected chi connectivity index (χ1v) is 3.89. The van der Waals surface area contributed by atoms with E-state index in [1.165, 1.54) is 0 Å². The number of aliphatic carboxylic acids is 1. The van der Waals surface area contributed by atoms with Gasteiger partial charge in [-0.2, -0.15) is 0 Å². The van der Waals surface area contributed by atoms with Crippen molar-refractivity contribution >= 4 is 5.97 Å². The number of nitrogens with one attached hydrogen (secondary N) is 1. The van der Waals surface area contributed by atoms with Crippen LogP contribution in [0.2, 0.25) is 0 Å². The van der Waals surface area contributed by atoms with Crippen LogP contribution in [-0.2, 0) is 4.79 Å². The first-order valence-electron chi connectivity index (χ1n) is 3.89. The van der Waals surface area contributed by atoms with Gasteiger partial charge in [-0.05, 0) is 12.8 Å². The van der Waals surface area contributed by atoms with Crippen LogP contribution in [0.25, 0.3) is 0 Å². The van der Waals surface area contributed by atoms with Gasteiger partial charge < -0.3 is 10.4 Å². The lowest BCUT2D eigenvalue weighted by atomic mass is 10.0. The van der Waals surface area contributed by atoms with E-state index in [1.54, 1.807) is 0 Å². The van der Waals surface area contributed by atoms with Gasteiger partial charge in [0.1, 0.15) is 0 Å². The van der Waals surface area contributed by atoms with E-state index < -0.39 is 5.97 Å². The molecule has 0 bridgehead atoms. The third-order valence-electron chi connectivity index (χ3n) is 2.00. The van der Waals surface area contributed by atoms with Gasteiger partial charge in [0.15, 0.2) is 0 Å². The summed E-state index contributed by atoms with van der Waals surface area (Å²) in [6.07, 6.45) is 3.72. The summed E-state index contributed by atoms with van der Waals surface area (Å²) in [4.78, 5) is 10.4. The number of carbonyl (C=O) groups is 1. The lowest BCUT2D eigenvalue weighted by Gasteiger charge is -2.20. The molecule has 0 saturated heterocycles. The second kappa shape index (κ2) is 3.53. The molecule has 1 aliphatic rings. The summed E-state index contributed by atoms with van der Waals surface area (Å²) >= 11 is 0. The largest absolute Gasteiger partial charge is 0.478 e. The van der Waals surface area contributed by atoms with Crippen LogP contribution in [-0.4, -0.2) is 23.7 Å². The summed E-state index contributed by atoms with van der Waals surface area (Å²) in [6.45, 7) is 2.60. The fraction of sp³-hybridized carbons (Fsp3) is 0.625. The third-order valence-corrected chi connectivity index (χ3v) is 2.00. The number of rotatable bonds is 2. The molecule has 0 aliphatic carbocycles. The van der Waals surface area contributed by atoms with E-state index in [0.717, 1.165) is 12.8 Å². The van der Waals surface area contributed by atoms with Crippen molar-refractivity contribution < 1.29 is 9.90 Å². The van der Waals surface area contributed by atoms with Gasteiger partial charge in [0.05, 0.1) is 0 Å². The minimum Gasteiger partial charge on any atom is -0.478 e. The summed E-state index contributed by atoms with van der Waals surface area (Å²) in [5.74, 6) is -0.799. The number of hydrogen-bond acceptors (Lipinski definition) is 2. The Labute approximate surface area is 66.1 Å². The Kier molecular flexibility index (Phi) is 2.65. The second-order valence-corrected chi connectivity index (χ2v) is 2.76. The van der Waals surface area contributed by atoms with Crippen molar-refractivity contribution in [3.05, 3.63) is 11.6 Å². The Bertz CT molecular complexity index is 187.